The fraction of sp³-hybridized carbons (Fsp3) is 0.0645. The second-order valence-electron chi connectivity index (χ2n) is 19.0. The molecule has 2 aliphatic rings. The topological polar surface area (TPSA) is 36.0 Å². The Hall–Kier alpha value is -8.48. The van der Waals surface area contributed by atoms with Crippen molar-refractivity contribution < 1.29 is 8.83 Å². The lowest BCUT2D eigenvalue weighted by Crippen LogP contribution is -2.61. The minimum absolute atomic E-state index is 0.0000203. The largest absolute Gasteiger partial charge is 0.456 e. The first kappa shape index (κ1) is 39.9. The number of anilines is 9. The van der Waals surface area contributed by atoms with Gasteiger partial charge in [0.05, 0.1) is 5.69 Å². The Balaban J connectivity index is 1.05. The summed E-state index contributed by atoms with van der Waals surface area (Å²) < 4.78 is 12.7. The number of fused-ring (bicyclic) bond motifs is 6. The van der Waals surface area contributed by atoms with Crippen LogP contribution in [0.25, 0.3) is 44.6 Å². The van der Waals surface area contributed by atoms with Crippen molar-refractivity contribution in [2.75, 3.05) is 14.7 Å². The van der Waals surface area contributed by atoms with Crippen LogP contribution in [0.3, 0.4) is 0 Å². The van der Waals surface area contributed by atoms with Gasteiger partial charge in [0.25, 0.3) is 6.71 Å². The summed E-state index contributed by atoms with van der Waals surface area (Å²) in [6, 6.07) is 81.0. The third-order valence-electron chi connectivity index (χ3n) is 13.8. The van der Waals surface area contributed by atoms with E-state index in [1.807, 2.05) is 24.3 Å². The number of hydrogen-bond donors (Lipinski definition) is 0. The smallest absolute Gasteiger partial charge is 0.252 e. The molecule has 4 heterocycles. The molecule has 68 heavy (non-hydrogen) atoms. The van der Waals surface area contributed by atoms with Gasteiger partial charge in [-0.3, -0.25) is 0 Å². The molecule has 2 aliphatic heterocycles. The molecular weight excluding hydrogens is 830 g/mol. The van der Waals surface area contributed by atoms with Gasteiger partial charge in [-0.25, -0.2) is 0 Å². The number of nitrogens with zero attached hydrogens (tertiary/aromatic N) is 3. The third-order valence-corrected chi connectivity index (χ3v) is 13.8. The number of furan rings is 2. The highest BCUT2D eigenvalue weighted by Crippen LogP contribution is 2.48. The van der Waals surface area contributed by atoms with Gasteiger partial charge in [0.2, 0.25) is 0 Å². The lowest BCUT2D eigenvalue weighted by molar-refractivity contribution is 0.590. The van der Waals surface area contributed by atoms with Crippen LogP contribution in [0, 0.1) is 0 Å². The summed E-state index contributed by atoms with van der Waals surface area (Å²) in [4.78, 5) is 7.35. The Kier molecular flexibility index (Phi) is 9.13. The van der Waals surface area contributed by atoms with Crippen LogP contribution in [0.15, 0.2) is 233 Å². The lowest BCUT2D eigenvalue weighted by Gasteiger charge is -2.45. The van der Waals surface area contributed by atoms with Crippen LogP contribution >= 0.6 is 0 Å². The van der Waals surface area contributed by atoms with Crippen molar-refractivity contribution in [3.05, 3.63) is 230 Å². The van der Waals surface area contributed by atoms with Gasteiger partial charge in [-0.1, -0.05) is 124 Å². The van der Waals surface area contributed by atoms with Gasteiger partial charge < -0.3 is 23.5 Å². The van der Waals surface area contributed by atoms with E-state index in [2.05, 4.69) is 236 Å². The maximum Gasteiger partial charge on any atom is 0.252 e. The van der Waals surface area contributed by atoms with E-state index in [1.54, 1.807) is 0 Å². The first-order valence-electron chi connectivity index (χ1n) is 23.4. The zero-order valence-electron chi connectivity index (χ0n) is 38.1. The van der Waals surface area contributed by atoms with Crippen molar-refractivity contribution in [1.82, 2.24) is 0 Å². The maximum absolute atomic E-state index is 6.36. The molecule has 0 saturated carbocycles. The van der Waals surface area contributed by atoms with Crippen molar-refractivity contribution >= 4 is 96.2 Å². The molecule has 0 unspecified atom stereocenters. The van der Waals surface area contributed by atoms with Gasteiger partial charge in [0, 0.05) is 67.4 Å². The normalized spacial score (nSPS) is 12.8. The third kappa shape index (κ3) is 6.55. The van der Waals surface area contributed by atoms with Crippen LogP contribution in [-0.2, 0) is 5.41 Å². The van der Waals surface area contributed by atoms with E-state index >= 15 is 0 Å². The van der Waals surface area contributed by atoms with E-state index < -0.39 is 0 Å². The fourth-order valence-corrected chi connectivity index (χ4v) is 10.5. The molecule has 0 spiro atoms. The predicted octanol–water partition coefficient (Wildman–Crippen LogP) is 15.4. The molecule has 9 aromatic carbocycles. The quantitative estimate of drug-likeness (QED) is 0.149. The SMILES string of the molecule is CC(C)(C)c1ccc(N(c2ccc(-c3cc4ccccc4o3)cc2)c2cc3c4c(c2)N(c2ccc(-c5cc6ccccc6o5)cc2)c2ccccc2B4c2ccccc2N3c2ccccc2)cc1. The molecule has 0 amide bonds. The fourth-order valence-electron chi connectivity index (χ4n) is 10.5. The van der Waals surface area contributed by atoms with E-state index in [0.29, 0.717) is 0 Å². The van der Waals surface area contributed by atoms with Crippen LogP contribution in [0.1, 0.15) is 26.3 Å². The van der Waals surface area contributed by atoms with Gasteiger partial charge in [0.15, 0.2) is 0 Å². The van der Waals surface area contributed by atoms with Crippen molar-refractivity contribution in [1.29, 1.82) is 0 Å². The lowest BCUT2D eigenvalue weighted by atomic mass is 9.33. The van der Waals surface area contributed by atoms with Gasteiger partial charge in [0.1, 0.15) is 22.7 Å². The second kappa shape index (κ2) is 15.6. The Morgan fingerprint density at radius 3 is 1.35 bits per heavy atom. The monoisotopic (exact) mass is 875 g/mol. The van der Waals surface area contributed by atoms with Crippen LogP contribution < -0.4 is 31.1 Å². The van der Waals surface area contributed by atoms with Crippen LogP contribution in [0.2, 0.25) is 0 Å². The molecule has 13 rings (SSSR count). The number of rotatable bonds is 7. The summed E-state index contributed by atoms with van der Waals surface area (Å²) in [5.41, 5.74) is 18.8. The number of benzene rings is 9. The van der Waals surface area contributed by atoms with Gasteiger partial charge >= 0.3 is 0 Å². The van der Waals surface area contributed by atoms with E-state index in [9.17, 15) is 0 Å². The summed E-state index contributed by atoms with van der Waals surface area (Å²) >= 11 is 0. The summed E-state index contributed by atoms with van der Waals surface area (Å²) in [6.07, 6.45) is 0. The van der Waals surface area contributed by atoms with E-state index in [0.717, 1.165) is 90.1 Å². The zero-order valence-corrected chi connectivity index (χ0v) is 38.1. The summed E-state index contributed by atoms with van der Waals surface area (Å²) in [6.45, 7) is 6.81. The molecule has 0 radical (unpaired) electrons. The minimum Gasteiger partial charge on any atom is -0.456 e. The molecular formula is C62H46BN3O2. The molecule has 0 N–H and O–H groups in total. The molecule has 0 aliphatic carbocycles. The van der Waals surface area contributed by atoms with E-state index in [4.69, 9.17) is 8.83 Å². The number of para-hydroxylation sites is 5. The number of hydrogen-bond acceptors (Lipinski definition) is 5. The maximum atomic E-state index is 6.36. The Labute approximate surface area is 396 Å². The summed E-state index contributed by atoms with van der Waals surface area (Å²) in [5.74, 6) is 1.70. The van der Waals surface area contributed by atoms with Crippen LogP contribution in [-0.4, -0.2) is 6.71 Å². The Bertz CT molecular complexity index is 3610. The highest BCUT2D eigenvalue weighted by molar-refractivity contribution is 7.00. The molecule has 2 aromatic heterocycles. The average molecular weight is 876 g/mol. The molecule has 0 atom stereocenters. The second-order valence-corrected chi connectivity index (χ2v) is 19.0. The standard InChI is InChI=1S/C62H46BN3O2/c1-62(2,3)45-29-35-48(36-30-45)64(47-31-25-41(26-32-47)59-37-43-15-7-13-23-57(43)67-59)50-39-55-61-56(40-50)66(49-33-27-42(28-34-49)60-38-44-16-8-14-24-58(44)68-60)54-22-12-10-20-52(54)63(61)51-19-9-11-21-53(51)65(55)46-17-5-4-6-18-46/h4-40H,1-3H3. The molecule has 5 nitrogen and oxygen atoms in total. The van der Waals surface area contributed by atoms with Crippen molar-refractivity contribution in [3.63, 3.8) is 0 Å². The molecule has 0 saturated heterocycles. The average Bonchev–Trinajstić information content (AvgIpc) is 4.02. The Morgan fingerprint density at radius 2 is 0.838 bits per heavy atom. The van der Waals surface area contributed by atoms with E-state index in [-0.39, 0.29) is 12.1 Å². The van der Waals surface area contributed by atoms with Gasteiger partial charge in [-0.05, 0) is 149 Å². The van der Waals surface area contributed by atoms with Crippen LogP contribution in [0.5, 0.6) is 0 Å². The first-order chi connectivity index (χ1) is 33.3. The molecule has 6 heteroatoms. The summed E-state index contributed by atoms with van der Waals surface area (Å²) in [5, 5.41) is 2.18. The van der Waals surface area contributed by atoms with Crippen molar-refractivity contribution in [2.45, 2.75) is 26.2 Å². The summed E-state index contributed by atoms with van der Waals surface area (Å²) in [7, 11) is 0. The van der Waals surface area contributed by atoms with Gasteiger partial charge in [-0.15, -0.1) is 0 Å². The van der Waals surface area contributed by atoms with Gasteiger partial charge in [-0.2, -0.15) is 0 Å². The molecule has 11 aromatic rings. The zero-order chi connectivity index (χ0) is 45.5. The van der Waals surface area contributed by atoms with Crippen molar-refractivity contribution in [2.24, 2.45) is 0 Å². The predicted molar refractivity (Wildman–Crippen MR) is 284 cm³/mol. The minimum atomic E-state index is -0.00454. The first-order valence-corrected chi connectivity index (χ1v) is 23.4. The molecule has 0 bridgehead atoms. The Morgan fingerprint density at radius 1 is 0.397 bits per heavy atom. The van der Waals surface area contributed by atoms with E-state index in [1.165, 1.54) is 27.6 Å². The van der Waals surface area contributed by atoms with Crippen LogP contribution in [0.4, 0.5) is 51.2 Å². The highest BCUT2D eigenvalue weighted by atomic mass is 16.3. The van der Waals surface area contributed by atoms with Crippen molar-refractivity contribution in [3.8, 4) is 22.6 Å². The highest BCUT2D eigenvalue weighted by Gasteiger charge is 2.43. The molecule has 0 fully saturated rings. The molecule has 324 valence electrons.